The molecule has 14 atom stereocenters. The number of benzene rings is 2. The van der Waals surface area contributed by atoms with Crippen LogP contribution in [-0.2, 0) is 93.8 Å². The predicted molar refractivity (Wildman–Crippen MR) is 439 cm³/mol. The monoisotopic (exact) mass is 1730 g/mol. The number of guanidine groups is 1. The van der Waals surface area contributed by atoms with Crippen LogP contribution < -0.4 is 92.5 Å². The van der Waals surface area contributed by atoms with Gasteiger partial charge in [0.25, 0.3) is 0 Å². The average molecular weight is 1730 g/mol. The van der Waals surface area contributed by atoms with E-state index in [1.54, 1.807) is 71.9 Å². The predicted octanol–water partition coefficient (Wildman–Crippen LogP) is -5.81. The first-order valence-electron chi connectivity index (χ1n) is 40.5. The summed E-state index contributed by atoms with van der Waals surface area (Å²) in [7, 11) is -5.44. The maximum atomic E-state index is 14.8. The third-order valence-corrected chi connectivity index (χ3v) is 20.2. The first-order chi connectivity index (χ1) is 57.1. The zero-order chi connectivity index (χ0) is 90.4. The third-order valence-electron chi connectivity index (χ3n) is 19.7. The van der Waals surface area contributed by atoms with Crippen LogP contribution in [-0.4, -0.2) is 278 Å². The second kappa shape index (κ2) is 51.9. The number of unbranched alkanes of at least 4 members (excludes halogenated alkanes) is 2. The summed E-state index contributed by atoms with van der Waals surface area (Å²) >= 11 is 0. The fourth-order valence-corrected chi connectivity index (χ4v) is 13.7. The van der Waals surface area contributed by atoms with Crippen molar-refractivity contribution >= 4 is 102 Å². The number of phenolic OH excluding ortho intramolecular Hbond substituents is 1. The fourth-order valence-electron chi connectivity index (χ4n) is 13.4. The second-order valence-corrected chi connectivity index (χ2v) is 32.4. The van der Waals surface area contributed by atoms with Crippen LogP contribution in [0.5, 0.6) is 5.75 Å². The van der Waals surface area contributed by atoms with Gasteiger partial charge in [0.05, 0.1) is 32.4 Å². The molecule has 28 N–H and O–H groups in total. The highest BCUT2D eigenvalue weighted by Crippen LogP contribution is 2.36. The lowest BCUT2D eigenvalue weighted by atomic mass is 10.00. The number of likely N-dealkylation sites (tertiary alicyclic amines) is 2. The molecule has 0 spiro atoms. The number of phosphoric acid groups is 1. The molecular formula is C77H125N20O23P. The number of aliphatic hydroxyl groups excluding tert-OH is 2. The van der Waals surface area contributed by atoms with Crippen LogP contribution in [0.15, 0.2) is 59.6 Å². The third kappa shape index (κ3) is 36.0. The summed E-state index contributed by atoms with van der Waals surface area (Å²) < 4.78 is 16.9. The number of aliphatic carboxylic acids is 1. The van der Waals surface area contributed by atoms with Gasteiger partial charge in [0.1, 0.15) is 84.3 Å². The van der Waals surface area contributed by atoms with Crippen molar-refractivity contribution in [2.75, 3.05) is 59.1 Å². The number of phosphoric ester groups is 1. The van der Waals surface area contributed by atoms with Gasteiger partial charge in [-0.05, 0) is 151 Å². The number of nitrogens with one attached hydrogen (secondary N) is 12. The molecule has 2 aromatic rings. The van der Waals surface area contributed by atoms with Crippen molar-refractivity contribution in [1.29, 1.82) is 0 Å². The number of aromatic hydroxyl groups is 1. The molecule has 4 rings (SSSR count). The van der Waals surface area contributed by atoms with Crippen LogP contribution in [0.25, 0.3) is 0 Å². The van der Waals surface area contributed by atoms with Gasteiger partial charge in [0.2, 0.25) is 82.7 Å². The molecule has 2 saturated heterocycles. The highest BCUT2D eigenvalue weighted by atomic mass is 31.2. The molecule has 121 heavy (non-hydrogen) atoms. The number of nitrogens with two attached hydrogens (primary N) is 5. The number of aliphatic imine (C=N–C) groups is 1. The summed E-state index contributed by atoms with van der Waals surface area (Å²) in [6.07, 6.45) is 1.31. The Morgan fingerprint density at radius 3 is 1.42 bits per heavy atom. The van der Waals surface area contributed by atoms with Crippen LogP contribution in [0.1, 0.15) is 149 Å². The van der Waals surface area contributed by atoms with Gasteiger partial charge >= 0.3 is 13.8 Å². The molecule has 0 saturated carbocycles. The number of hydrogen-bond acceptors (Lipinski definition) is 24. The van der Waals surface area contributed by atoms with E-state index in [0.29, 0.717) is 36.8 Å². The van der Waals surface area contributed by atoms with Gasteiger partial charge in [0, 0.05) is 32.5 Å². The van der Waals surface area contributed by atoms with Crippen LogP contribution in [0.3, 0.4) is 0 Å². The van der Waals surface area contributed by atoms with Crippen molar-refractivity contribution in [1.82, 2.24) is 73.6 Å². The summed E-state index contributed by atoms with van der Waals surface area (Å²) in [6, 6.07) is -6.89. The number of aliphatic hydroxyl groups is 2. The number of hydrogen-bond donors (Lipinski definition) is 23. The summed E-state index contributed by atoms with van der Waals surface area (Å²) in [5, 5.41) is 70.9. The maximum absolute atomic E-state index is 14.8. The Morgan fingerprint density at radius 2 is 0.917 bits per heavy atom. The minimum absolute atomic E-state index is 0.00202. The Morgan fingerprint density at radius 1 is 0.496 bits per heavy atom. The minimum atomic E-state index is -5.44. The van der Waals surface area contributed by atoms with Crippen molar-refractivity contribution in [3.63, 3.8) is 0 Å². The van der Waals surface area contributed by atoms with Gasteiger partial charge in [-0.3, -0.25) is 76.6 Å². The molecule has 2 fully saturated rings. The molecule has 44 heteroatoms. The maximum Gasteiger partial charge on any atom is 0.469 e. The first kappa shape index (κ1) is 103. The van der Waals surface area contributed by atoms with E-state index in [-0.39, 0.29) is 133 Å². The van der Waals surface area contributed by atoms with Crippen LogP contribution in [0.2, 0.25) is 0 Å². The van der Waals surface area contributed by atoms with Gasteiger partial charge < -0.3 is 132 Å². The van der Waals surface area contributed by atoms with E-state index in [1.807, 2.05) is 0 Å². The number of nitrogens with zero attached hydrogens (tertiary/aromatic N) is 3. The minimum Gasteiger partial charge on any atom is -0.508 e. The molecule has 2 aromatic carbocycles. The summed E-state index contributed by atoms with van der Waals surface area (Å²) in [4.78, 5) is 236. The summed E-state index contributed by atoms with van der Waals surface area (Å²) in [5.74, 6) is -16.2. The molecule has 2 aliphatic rings. The Hall–Kier alpha value is -10.5. The molecule has 14 amide bonds. The van der Waals surface area contributed by atoms with E-state index in [4.69, 9.17) is 33.2 Å². The average Bonchev–Trinajstić information content (AvgIpc) is 1.67. The number of carboxylic acid groups (broad SMARTS) is 1. The SMILES string of the molecule is CC(C)C[C@H](NC(=O)[C@@H]1CCCN1C(=O)[C@H](C)N)C(=O)N[C@@H](CO)C(=O)N[C@@H](Cc1ccccc1)C(=O)N[C@@H](CCCN=C(N)N)C(=O)NCC(=O)N[C@@H](CO)C(=O)N[C@@H](CC(C)C)C(=O)N1CCC[C@H]1C(=O)N[C@@H](CCCCN)C(=O)N[C@@H](COP(=O)(O)O)C(=O)N[C@@H](Cc1ccc(O)cc1)C(=O)N[C@H](C(=O)N[C@@H](CCCCN)C(=O)O)C(C)C. The van der Waals surface area contributed by atoms with Crippen molar-refractivity contribution in [3.05, 3.63) is 65.7 Å². The lowest BCUT2D eigenvalue weighted by Crippen LogP contribution is -2.61. The molecule has 0 bridgehead atoms. The highest BCUT2D eigenvalue weighted by Gasteiger charge is 2.43. The number of carbonyl (C=O) groups is 15. The van der Waals surface area contributed by atoms with E-state index in [2.05, 4.69) is 68.8 Å². The Kier molecular flexibility index (Phi) is 44.1. The molecular weight excluding hydrogens is 1600 g/mol. The molecule has 43 nitrogen and oxygen atoms in total. The Bertz CT molecular complexity index is 3870. The van der Waals surface area contributed by atoms with Gasteiger partial charge in [-0.1, -0.05) is 84.0 Å². The van der Waals surface area contributed by atoms with Crippen molar-refractivity contribution < 1.29 is 111 Å². The first-order valence-corrected chi connectivity index (χ1v) is 42.0. The standard InChI is InChI=1S/C77H125N20O23P/c1-42(2)34-52(91-72(111)59-23-16-32-96(59)74(113)45(7)80)65(104)93-57(40-99)69(108)89-53(36-46-18-9-8-10-19-46)66(105)86-49(22-15-31-83-77(81)82)63(102)84-38-61(101)85-56(39-98)68(107)92-55(35-43(3)4)75(114)97-33-17-24-60(97)71(110)87-50(20-11-13-29-78)64(103)94-58(41-120-121(117,118)119)70(109)90-54(37-47-25-27-48(100)28-26-47)67(106)95-62(44(5)6)73(112)88-51(76(115)116)21-12-14-30-79/h8-10,18-19,25-28,42-45,49-60,62,98-100H,11-17,20-24,29-41,78-80H2,1-7H3,(H,84,102)(H,85,101)(H,86,105)(H,87,110)(H,88,112)(H,89,108)(H,90,109)(H,91,111)(H,92,107)(H,93,104)(H,94,103)(H,95,106)(H,115,116)(H4,81,82,83)(H2,117,118,119)/t45-,49-,50-,51-,52-,53-,54-,55-,56-,57-,58-,59-,60-,62-/m0/s1. The van der Waals surface area contributed by atoms with Gasteiger partial charge in [-0.2, -0.15) is 0 Å². The van der Waals surface area contributed by atoms with E-state index in [0.717, 1.165) is 4.90 Å². The number of amides is 14. The quantitative estimate of drug-likeness (QED) is 0.0127. The molecule has 0 aromatic heterocycles. The zero-order valence-corrected chi connectivity index (χ0v) is 70.4. The van der Waals surface area contributed by atoms with Crippen LogP contribution in [0, 0.1) is 17.8 Å². The summed E-state index contributed by atoms with van der Waals surface area (Å²) in [5.41, 5.74) is 29.1. The molecule has 0 radical (unpaired) electrons. The molecule has 0 aliphatic carbocycles. The highest BCUT2D eigenvalue weighted by molar-refractivity contribution is 7.46. The molecule has 2 heterocycles. The fraction of sp³-hybridized carbons (Fsp3) is 0.636. The van der Waals surface area contributed by atoms with Gasteiger partial charge in [0.15, 0.2) is 5.96 Å². The van der Waals surface area contributed by atoms with Crippen molar-refractivity contribution in [2.24, 2.45) is 51.4 Å². The number of carbonyl (C=O) groups excluding carboxylic acids is 14. The zero-order valence-electron chi connectivity index (χ0n) is 69.5. The lowest BCUT2D eigenvalue weighted by molar-refractivity contribution is -0.143. The van der Waals surface area contributed by atoms with Gasteiger partial charge in [-0.25, -0.2) is 9.36 Å². The smallest absolute Gasteiger partial charge is 0.469 e. The lowest BCUT2D eigenvalue weighted by Gasteiger charge is -2.31. The molecule has 2 aliphatic heterocycles. The number of carboxylic acids is 1. The molecule has 0 unspecified atom stereocenters. The topological polar surface area (TPSA) is 697 Å². The van der Waals surface area contributed by atoms with E-state index >= 15 is 0 Å². The normalized spacial score (nSPS) is 16.9. The van der Waals surface area contributed by atoms with E-state index in [1.165, 1.54) is 36.1 Å². The van der Waals surface area contributed by atoms with Crippen molar-refractivity contribution in [3.8, 4) is 5.75 Å². The number of rotatable bonds is 53. The summed E-state index contributed by atoms with van der Waals surface area (Å²) in [6.45, 7) is 7.87. The van der Waals surface area contributed by atoms with E-state index < -0.39 is 213 Å². The Balaban J connectivity index is 1.53. The van der Waals surface area contributed by atoms with E-state index in [9.17, 15) is 107 Å². The van der Waals surface area contributed by atoms with Crippen molar-refractivity contribution in [2.45, 2.75) is 236 Å². The van der Waals surface area contributed by atoms with Crippen LogP contribution >= 0.6 is 7.82 Å². The van der Waals surface area contributed by atoms with Crippen LogP contribution in [0.4, 0.5) is 0 Å². The molecule has 676 valence electrons. The Labute approximate surface area is 702 Å². The second-order valence-electron chi connectivity index (χ2n) is 31.1. The largest absolute Gasteiger partial charge is 0.508 e. The van der Waals surface area contributed by atoms with Gasteiger partial charge in [-0.15, -0.1) is 0 Å². The number of phenols is 1.